The fraction of sp³-hybridized carbons (Fsp3) is 0.435. The highest BCUT2D eigenvalue weighted by molar-refractivity contribution is 9.10. The van der Waals surface area contributed by atoms with Crippen LogP contribution in [-0.4, -0.2) is 51.8 Å². The third-order valence-corrected chi connectivity index (χ3v) is 5.42. The number of methoxy groups -OCH3 is 1. The second-order valence-corrected chi connectivity index (χ2v) is 7.84. The van der Waals surface area contributed by atoms with Gasteiger partial charge in [0.05, 0.1) is 32.8 Å². The van der Waals surface area contributed by atoms with Crippen molar-refractivity contribution in [3.8, 4) is 17.2 Å². The van der Waals surface area contributed by atoms with Crippen LogP contribution in [0.3, 0.4) is 0 Å². The van der Waals surface area contributed by atoms with E-state index in [9.17, 15) is 4.79 Å². The Morgan fingerprint density at radius 1 is 1.07 bits per heavy atom. The lowest BCUT2D eigenvalue weighted by Gasteiger charge is -2.25. The van der Waals surface area contributed by atoms with E-state index in [-0.39, 0.29) is 18.4 Å². The first-order valence-corrected chi connectivity index (χ1v) is 10.8. The molecule has 0 spiro atoms. The molecule has 0 heterocycles. The molecule has 0 saturated carbocycles. The third-order valence-electron chi connectivity index (χ3n) is 4.68. The molecule has 0 radical (unpaired) electrons. The molecule has 0 aliphatic heterocycles. The quantitative estimate of drug-likeness (QED) is 0.523. The summed E-state index contributed by atoms with van der Waals surface area (Å²) in [7, 11) is 5.64. The van der Waals surface area contributed by atoms with Gasteiger partial charge in [0, 0.05) is 11.0 Å². The van der Waals surface area contributed by atoms with Gasteiger partial charge in [-0.05, 0) is 63.3 Å². The van der Waals surface area contributed by atoms with Gasteiger partial charge in [-0.25, -0.2) is 0 Å². The molecule has 2 aromatic carbocycles. The number of ether oxygens (including phenoxy) is 3. The Morgan fingerprint density at radius 2 is 1.67 bits per heavy atom. The zero-order valence-corrected chi connectivity index (χ0v) is 19.9. The minimum atomic E-state index is -0.0531. The number of halogens is 1. The predicted octanol–water partition coefficient (Wildman–Crippen LogP) is 4.22. The van der Waals surface area contributed by atoms with E-state index in [4.69, 9.17) is 14.2 Å². The van der Waals surface area contributed by atoms with Crippen molar-refractivity contribution >= 4 is 21.8 Å². The molecule has 0 saturated heterocycles. The van der Waals surface area contributed by atoms with E-state index in [2.05, 4.69) is 26.1 Å². The van der Waals surface area contributed by atoms with Crippen molar-refractivity contribution in [2.75, 3.05) is 41.0 Å². The Kier molecular flexibility index (Phi) is 9.46. The Morgan fingerprint density at radius 3 is 2.20 bits per heavy atom. The van der Waals surface area contributed by atoms with Crippen LogP contribution in [-0.2, 0) is 11.2 Å². The van der Waals surface area contributed by atoms with Crippen molar-refractivity contribution in [3.05, 3.63) is 52.0 Å². The average molecular weight is 479 g/mol. The Bertz CT molecular complexity index is 825. The van der Waals surface area contributed by atoms with Crippen LogP contribution < -0.4 is 19.5 Å². The van der Waals surface area contributed by atoms with E-state index in [0.717, 1.165) is 21.3 Å². The first kappa shape index (κ1) is 24.0. The van der Waals surface area contributed by atoms with Gasteiger partial charge in [-0.2, -0.15) is 0 Å². The average Bonchev–Trinajstić information content (AvgIpc) is 2.72. The summed E-state index contributed by atoms with van der Waals surface area (Å²) in [5.74, 6) is 2.07. The molecule has 0 aliphatic rings. The molecule has 6 nitrogen and oxygen atoms in total. The maximum Gasteiger partial charge on any atom is 0.224 e. The van der Waals surface area contributed by atoms with E-state index in [1.54, 1.807) is 7.11 Å². The van der Waals surface area contributed by atoms with Crippen LogP contribution >= 0.6 is 15.9 Å². The fourth-order valence-electron chi connectivity index (χ4n) is 3.12. The minimum Gasteiger partial charge on any atom is -0.497 e. The molecule has 0 bridgehead atoms. The molecule has 2 aromatic rings. The number of nitrogens with zero attached hydrogens (tertiary/aromatic N) is 1. The summed E-state index contributed by atoms with van der Waals surface area (Å²) in [6.07, 6.45) is 0.246. The number of carbonyl (C=O) groups is 1. The Hall–Kier alpha value is -2.25. The van der Waals surface area contributed by atoms with Crippen molar-refractivity contribution in [2.24, 2.45) is 0 Å². The second kappa shape index (κ2) is 11.8. The lowest BCUT2D eigenvalue weighted by Crippen LogP contribution is -2.35. The first-order valence-electron chi connectivity index (χ1n) is 10.0. The fourth-order valence-corrected chi connectivity index (χ4v) is 3.58. The topological polar surface area (TPSA) is 60.0 Å². The molecule has 1 unspecified atom stereocenters. The van der Waals surface area contributed by atoms with Crippen molar-refractivity contribution in [3.63, 3.8) is 0 Å². The number of carbonyl (C=O) groups excluding carboxylic acids is 1. The zero-order chi connectivity index (χ0) is 22.1. The normalized spacial score (nSPS) is 11.8. The van der Waals surface area contributed by atoms with Crippen molar-refractivity contribution in [1.29, 1.82) is 0 Å². The number of benzene rings is 2. The van der Waals surface area contributed by atoms with Gasteiger partial charge in [0.2, 0.25) is 5.91 Å². The molecular weight excluding hydrogens is 448 g/mol. The predicted molar refractivity (Wildman–Crippen MR) is 123 cm³/mol. The summed E-state index contributed by atoms with van der Waals surface area (Å²) < 4.78 is 17.4. The maximum absolute atomic E-state index is 12.7. The van der Waals surface area contributed by atoms with Crippen LogP contribution in [0.5, 0.6) is 17.2 Å². The second-order valence-electron chi connectivity index (χ2n) is 6.99. The van der Waals surface area contributed by atoms with Crippen LogP contribution in [0.15, 0.2) is 40.9 Å². The molecule has 1 N–H and O–H groups in total. The van der Waals surface area contributed by atoms with E-state index in [1.807, 2.05) is 64.3 Å². The summed E-state index contributed by atoms with van der Waals surface area (Å²) in [6.45, 7) is 5.42. The van der Waals surface area contributed by atoms with Gasteiger partial charge < -0.3 is 24.4 Å². The summed E-state index contributed by atoms with van der Waals surface area (Å²) in [4.78, 5) is 14.7. The number of hydrogen-bond acceptors (Lipinski definition) is 5. The van der Waals surface area contributed by atoms with Crippen LogP contribution in [0.1, 0.15) is 31.0 Å². The number of rotatable bonds is 11. The van der Waals surface area contributed by atoms with Gasteiger partial charge in [-0.1, -0.05) is 28.1 Å². The lowest BCUT2D eigenvalue weighted by molar-refractivity contribution is -0.120. The van der Waals surface area contributed by atoms with Crippen LogP contribution in [0, 0.1) is 0 Å². The molecule has 0 fully saturated rings. The van der Waals surface area contributed by atoms with Gasteiger partial charge in [0.25, 0.3) is 0 Å². The third kappa shape index (κ3) is 6.64. The first-order chi connectivity index (χ1) is 14.4. The number of amides is 1. The van der Waals surface area contributed by atoms with Gasteiger partial charge in [0.15, 0.2) is 11.5 Å². The molecule has 0 aromatic heterocycles. The highest BCUT2D eigenvalue weighted by Gasteiger charge is 2.17. The lowest BCUT2D eigenvalue weighted by atomic mass is 10.1. The van der Waals surface area contributed by atoms with Gasteiger partial charge >= 0.3 is 0 Å². The zero-order valence-electron chi connectivity index (χ0n) is 18.3. The summed E-state index contributed by atoms with van der Waals surface area (Å²) in [5.41, 5.74) is 1.97. The number of likely N-dealkylation sites (N-methyl/N-ethyl adjacent to an activating group) is 1. The van der Waals surface area contributed by atoms with Gasteiger partial charge in [-0.3, -0.25) is 4.79 Å². The largest absolute Gasteiger partial charge is 0.497 e. The molecule has 1 amide bonds. The summed E-state index contributed by atoms with van der Waals surface area (Å²) >= 11 is 3.55. The molecule has 0 aliphatic carbocycles. The Labute approximate surface area is 187 Å². The van der Waals surface area contributed by atoms with Crippen molar-refractivity contribution in [2.45, 2.75) is 26.3 Å². The van der Waals surface area contributed by atoms with E-state index < -0.39 is 0 Å². The maximum atomic E-state index is 12.7. The monoisotopic (exact) mass is 478 g/mol. The van der Waals surface area contributed by atoms with E-state index in [1.165, 1.54) is 0 Å². The Balaban J connectivity index is 2.07. The van der Waals surface area contributed by atoms with E-state index in [0.29, 0.717) is 31.3 Å². The highest BCUT2D eigenvalue weighted by atomic mass is 79.9. The molecule has 1 atom stereocenters. The summed E-state index contributed by atoms with van der Waals surface area (Å²) in [5, 5.41) is 3.05. The summed E-state index contributed by atoms with van der Waals surface area (Å²) in [6, 6.07) is 11.7. The molecule has 7 heteroatoms. The number of nitrogens with one attached hydrogen (secondary N) is 1. The number of hydrogen-bond donors (Lipinski definition) is 1. The minimum absolute atomic E-state index is 0.0531. The molecule has 2 rings (SSSR count). The highest BCUT2D eigenvalue weighted by Crippen LogP contribution is 2.34. The van der Waals surface area contributed by atoms with Crippen molar-refractivity contribution < 1.29 is 19.0 Å². The van der Waals surface area contributed by atoms with Gasteiger partial charge in [0.1, 0.15) is 5.75 Å². The van der Waals surface area contributed by atoms with Gasteiger partial charge in [-0.15, -0.1) is 0 Å². The standard InChI is InChI=1S/C23H31BrN2O4/c1-6-29-21-12-17(19(24)14-22(21)30-7-2)13-23(27)25-15-20(26(3)4)16-8-10-18(28-5)11-9-16/h8-12,14,20H,6-7,13,15H2,1-5H3,(H,25,27). The van der Waals surface area contributed by atoms with E-state index >= 15 is 0 Å². The smallest absolute Gasteiger partial charge is 0.224 e. The van der Waals surface area contributed by atoms with Crippen LogP contribution in [0.25, 0.3) is 0 Å². The van der Waals surface area contributed by atoms with Crippen LogP contribution in [0.4, 0.5) is 0 Å². The molecule has 164 valence electrons. The van der Waals surface area contributed by atoms with Crippen LogP contribution in [0.2, 0.25) is 0 Å². The molecular formula is C23H31BrN2O4. The SMILES string of the molecule is CCOc1cc(Br)c(CC(=O)NCC(c2ccc(OC)cc2)N(C)C)cc1OCC. The molecule has 30 heavy (non-hydrogen) atoms. The van der Waals surface area contributed by atoms with Crippen molar-refractivity contribution in [1.82, 2.24) is 10.2 Å².